The van der Waals surface area contributed by atoms with Crippen LogP contribution in [0.5, 0.6) is 0 Å². The standard InChI is InChI=1S/C10H12BNO2/c1-7-3-5-8(6-4-7)9(13)14-10(12)11-2/h3-6,10H,2,12H2,1H3. The minimum atomic E-state index is -0.746. The molecule has 0 heterocycles. The summed E-state index contributed by atoms with van der Waals surface area (Å²) in [7, 11) is 0. The molecule has 3 nitrogen and oxygen atoms in total. The molecule has 0 aliphatic carbocycles. The number of carbonyl (C=O) groups is 1. The topological polar surface area (TPSA) is 52.3 Å². The molecule has 1 rings (SSSR count). The molecule has 0 radical (unpaired) electrons. The van der Waals surface area contributed by atoms with E-state index in [2.05, 4.69) is 6.47 Å². The van der Waals surface area contributed by atoms with Crippen molar-refractivity contribution in [1.82, 2.24) is 0 Å². The van der Waals surface area contributed by atoms with Gasteiger partial charge in [-0.15, -0.1) is 0 Å². The van der Waals surface area contributed by atoms with Crippen LogP contribution in [0, 0.1) is 6.92 Å². The van der Waals surface area contributed by atoms with Gasteiger partial charge in [0.05, 0.1) is 0 Å². The second-order valence-electron chi connectivity index (χ2n) is 2.97. The Morgan fingerprint density at radius 2 is 2.07 bits per heavy atom. The molecule has 0 saturated heterocycles. The van der Waals surface area contributed by atoms with Crippen molar-refractivity contribution in [2.75, 3.05) is 0 Å². The summed E-state index contributed by atoms with van der Waals surface area (Å²) in [5.41, 5.74) is 6.97. The number of rotatable bonds is 3. The van der Waals surface area contributed by atoms with Gasteiger partial charge in [0.15, 0.2) is 0 Å². The molecular formula is C10H12BNO2. The second kappa shape index (κ2) is 4.72. The number of nitrogens with two attached hydrogens (primary N) is 1. The first-order chi connectivity index (χ1) is 6.63. The third-order valence-corrected chi connectivity index (χ3v) is 1.76. The van der Waals surface area contributed by atoms with E-state index in [4.69, 9.17) is 10.5 Å². The van der Waals surface area contributed by atoms with Crippen LogP contribution >= 0.6 is 0 Å². The molecule has 1 aromatic rings. The maximum atomic E-state index is 11.4. The molecule has 0 aliphatic rings. The van der Waals surface area contributed by atoms with E-state index in [1.54, 1.807) is 12.1 Å². The van der Waals surface area contributed by atoms with Gasteiger partial charge in [0.2, 0.25) is 0 Å². The second-order valence-corrected chi connectivity index (χ2v) is 2.97. The third kappa shape index (κ3) is 2.82. The van der Waals surface area contributed by atoms with Gasteiger partial charge in [-0.2, -0.15) is 0 Å². The molecule has 0 spiro atoms. The molecule has 72 valence electrons. The average molecular weight is 189 g/mol. The Morgan fingerprint density at radius 1 is 1.50 bits per heavy atom. The van der Waals surface area contributed by atoms with Crippen LogP contribution in [0.4, 0.5) is 0 Å². The van der Waals surface area contributed by atoms with Gasteiger partial charge in [-0.25, -0.2) is 0 Å². The Morgan fingerprint density at radius 3 is 2.57 bits per heavy atom. The van der Waals surface area contributed by atoms with Crippen molar-refractivity contribution in [3.8, 4) is 0 Å². The summed E-state index contributed by atoms with van der Waals surface area (Å²) in [4.78, 5) is 11.4. The average Bonchev–Trinajstić information content (AvgIpc) is 2.18. The van der Waals surface area contributed by atoms with Crippen LogP contribution in [0.25, 0.3) is 0 Å². The van der Waals surface area contributed by atoms with Gasteiger partial charge in [-0.3, -0.25) is 0 Å². The number of esters is 1. The van der Waals surface area contributed by atoms with Crippen molar-refractivity contribution in [3.05, 3.63) is 35.4 Å². The Kier molecular flexibility index (Phi) is 3.59. The molecule has 2 N–H and O–H groups in total. The molecular weight excluding hydrogens is 177 g/mol. The summed E-state index contributed by atoms with van der Waals surface area (Å²) >= 11 is 0. The summed E-state index contributed by atoms with van der Waals surface area (Å²) in [6.07, 6.45) is -0.746. The Bertz CT molecular complexity index is 334. The first kappa shape index (κ1) is 10.7. The minimum absolute atomic E-state index is 0.433. The zero-order valence-corrected chi connectivity index (χ0v) is 8.07. The summed E-state index contributed by atoms with van der Waals surface area (Å²) in [6.45, 7) is 6.74. The summed E-state index contributed by atoms with van der Waals surface area (Å²) in [5.74, 6) is -0.433. The van der Waals surface area contributed by atoms with Crippen LogP contribution in [0.3, 0.4) is 0 Å². The predicted molar refractivity (Wildman–Crippen MR) is 57.4 cm³/mol. The first-order valence-corrected chi connectivity index (χ1v) is 4.29. The number of hydrogen-bond acceptors (Lipinski definition) is 3. The van der Waals surface area contributed by atoms with E-state index >= 15 is 0 Å². The van der Waals surface area contributed by atoms with E-state index in [1.165, 1.54) is 6.92 Å². The van der Waals surface area contributed by atoms with Crippen molar-refractivity contribution >= 4 is 19.4 Å². The van der Waals surface area contributed by atoms with Crippen LogP contribution < -0.4 is 5.73 Å². The van der Waals surface area contributed by atoms with E-state index < -0.39 is 12.1 Å². The van der Waals surface area contributed by atoms with Gasteiger partial charge in [0.1, 0.15) is 0 Å². The molecule has 0 aromatic heterocycles. The zero-order valence-electron chi connectivity index (χ0n) is 8.07. The first-order valence-electron chi connectivity index (χ1n) is 4.29. The maximum absolute atomic E-state index is 11.4. The fourth-order valence-corrected chi connectivity index (χ4v) is 0.929. The van der Waals surface area contributed by atoms with E-state index in [-0.39, 0.29) is 0 Å². The SMILES string of the molecule is C=BC(N)OC(=O)c1ccc(C)cc1. The quantitative estimate of drug-likeness (QED) is 0.428. The fraction of sp³-hybridized carbons (Fsp3) is 0.200. The van der Waals surface area contributed by atoms with Crippen molar-refractivity contribution < 1.29 is 9.53 Å². The van der Waals surface area contributed by atoms with E-state index in [9.17, 15) is 4.79 Å². The number of ether oxygens (including phenoxy) is 1. The molecule has 1 aromatic carbocycles. The van der Waals surface area contributed by atoms with Gasteiger partial charge < -0.3 is 0 Å². The van der Waals surface area contributed by atoms with E-state index in [0.717, 1.165) is 5.56 Å². The molecule has 1 unspecified atom stereocenters. The number of carbonyl (C=O) groups excluding carboxylic acids is 1. The predicted octanol–water partition coefficient (Wildman–Crippen LogP) is 0.530. The van der Waals surface area contributed by atoms with E-state index in [0.29, 0.717) is 5.56 Å². The summed E-state index contributed by atoms with van der Waals surface area (Å²) in [5, 5.41) is 0. The molecule has 0 fully saturated rings. The summed E-state index contributed by atoms with van der Waals surface area (Å²) in [6, 6.07) is 7.09. The fourth-order valence-electron chi connectivity index (χ4n) is 0.929. The van der Waals surface area contributed by atoms with Crippen LogP contribution in [-0.2, 0) is 4.74 Å². The van der Waals surface area contributed by atoms with Gasteiger partial charge in [-0.1, -0.05) is 0 Å². The van der Waals surface area contributed by atoms with Gasteiger partial charge in [0.25, 0.3) is 0 Å². The van der Waals surface area contributed by atoms with Gasteiger partial charge >= 0.3 is 83.1 Å². The van der Waals surface area contributed by atoms with Crippen molar-refractivity contribution in [3.63, 3.8) is 0 Å². The normalized spacial score (nSPS) is 11.6. The molecule has 4 heteroatoms. The van der Waals surface area contributed by atoms with E-state index in [1.807, 2.05) is 19.1 Å². The molecule has 1 atom stereocenters. The van der Waals surface area contributed by atoms with Crippen molar-refractivity contribution in [2.24, 2.45) is 5.73 Å². The monoisotopic (exact) mass is 189 g/mol. The third-order valence-electron chi connectivity index (χ3n) is 1.76. The Hall–Kier alpha value is -1.42. The van der Waals surface area contributed by atoms with Crippen LogP contribution in [-0.4, -0.2) is 25.5 Å². The van der Waals surface area contributed by atoms with Crippen LogP contribution in [0.15, 0.2) is 24.3 Å². The van der Waals surface area contributed by atoms with Gasteiger partial charge in [-0.05, 0) is 0 Å². The Labute approximate surface area is 83.8 Å². The zero-order chi connectivity index (χ0) is 10.6. The molecule has 0 amide bonds. The van der Waals surface area contributed by atoms with Gasteiger partial charge in [0, 0.05) is 0 Å². The van der Waals surface area contributed by atoms with Crippen LogP contribution in [0.1, 0.15) is 15.9 Å². The Balaban J connectivity index is 2.70. The molecule has 0 aliphatic heterocycles. The van der Waals surface area contributed by atoms with Crippen molar-refractivity contribution in [2.45, 2.75) is 13.1 Å². The molecule has 0 saturated carbocycles. The number of aryl methyl sites for hydroxylation is 1. The number of hydrogen-bond donors (Lipinski definition) is 1. The molecule has 14 heavy (non-hydrogen) atoms. The summed E-state index contributed by atoms with van der Waals surface area (Å²) < 4.78 is 4.85. The van der Waals surface area contributed by atoms with Crippen molar-refractivity contribution in [1.29, 1.82) is 0 Å². The molecule has 0 bridgehead atoms. The van der Waals surface area contributed by atoms with Crippen LogP contribution in [0.2, 0.25) is 0 Å². The number of benzene rings is 1.